The molecule has 0 bridgehead atoms. The molecule has 2 heterocycles. The molecule has 0 saturated carbocycles. The molecule has 4 rings (SSSR count). The first-order valence-corrected chi connectivity index (χ1v) is 15.3. The average molecular weight is 639 g/mol. The van der Waals surface area contributed by atoms with Crippen LogP contribution in [0, 0.1) is 23.7 Å². The van der Waals surface area contributed by atoms with Gasteiger partial charge in [0.25, 0.3) is 0 Å². The summed E-state index contributed by atoms with van der Waals surface area (Å²) in [5, 5.41) is 2.31. The second kappa shape index (κ2) is 15.2. The number of aldehydes is 1. The Balaban J connectivity index is 0.000000277. The SMILES string of the molecule is COC(=O)[C@H]1CN(C(=O)OC(C)(C)C)C[C@@H]1C=Cc1cccc2ccccc12.COC(=O)[C@H]1CN(C(=O)OC(C)(C)C)C[C@@H]1C=O. The van der Waals surface area contributed by atoms with Crippen molar-refractivity contribution in [3.63, 3.8) is 0 Å². The van der Waals surface area contributed by atoms with Gasteiger partial charge in [-0.3, -0.25) is 9.59 Å². The highest BCUT2D eigenvalue weighted by molar-refractivity contribution is 5.90. The molecule has 2 aromatic carbocycles. The first-order valence-electron chi connectivity index (χ1n) is 15.3. The largest absolute Gasteiger partial charge is 0.469 e. The van der Waals surface area contributed by atoms with E-state index in [1.807, 2.05) is 57.2 Å². The molecular weight excluding hydrogens is 592 g/mol. The minimum atomic E-state index is -0.600. The summed E-state index contributed by atoms with van der Waals surface area (Å²) < 4.78 is 20.2. The topological polar surface area (TPSA) is 129 Å². The van der Waals surface area contributed by atoms with Gasteiger partial charge in [-0.2, -0.15) is 0 Å². The molecule has 11 heteroatoms. The number of benzene rings is 2. The summed E-state index contributed by atoms with van der Waals surface area (Å²) in [6, 6.07) is 14.3. The highest BCUT2D eigenvalue weighted by Gasteiger charge is 2.42. The third kappa shape index (κ3) is 9.79. The van der Waals surface area contributed by atoms with E-state index >= 15 is 0 Å². The van der Waals surface area contributed by atoms with Crippen LogP contribution < -0.4 is 0 Å². The molecule has 0 aromatic heterocycles. The number of amides is 2. The van der Waals surface area contributed by atoms with Gasteiger partial charge < -0.3 is 33.5 Å². The summed E-state index contributed by atoms with van der Waals surface area (Å²) in [6.45, 7) is 11.8. The Kier molecular flexibility index (Phi) is 12.0. The van der Waals surface area contributed by atoms with Crippen LogP contribution in [0.15, 0.2) is 48.5 Å². The van der Waals surface area contributed by atoms with E-state index in [-0.39, 0.29) is 25.0 Å². The maximum Gasteiger partial charge on any atom is 0.410 e. The van der Waals surface area contributed by atoms with Gasteiger partial charge in [0.15, 0.2) is 0 Å². The lowest BCUT2D eigenvalue weighted by Gasteiger charge is -2.24. The Morgan fingerprint density at radius 3 is 1.67 bits per heavy atom. The molecule has 4 atom stereocenters. The van der Waals surface area contributed by atoms with E-state index in [0.717, 1.165) is 16.3 Å². The van der Waals surface area contributed by atoms with Crippen LogP contribution in [-0.2, 0) is 33.3 Å². The second-order valence-electron chi connectivity index (χ2n) is 13.4. The fraction of sp³-hybridized carbons (Fsp3) is 0.514. The Labute approximate surface area is 270 Å². The Morgan fingerprint density at radius 2 is 1.17 bits per heavy atom. The van der Waals surface area contributed by atoms with Crippen molar-refractivity contribution >= 4 is 47.3 Å². The van der Waals surface area contributed by atoms with Crippen LogP contribution in [-0.4, -0.2) is 91.8 Å². The molecule has 2 saturated heterocycles. The van der Waals surface area contributed by atoms with Crippen LogP contribution in [0.4, 0.5) is 9.59 Å². The number of esters is 2. The number of carbonyl (C=O) groups is 5. The number of hydrogen-bond donors (Lipinski definition) is 0. The lowest BCUT2D eigenvalue weighted by Crippen LogP contribution is -2.36. The van der Waals surface area contributed by atoms with E-state index in [4.69, 9.17) is 14.2 Å². The van der Waals surface area contributed by atoms with Crippen LogP contribution in [0.2, 0.25) is 0 Å². The molecule has 0 N–H and O–H groups in total. The third-order valence-electron chi connectivity index (χ3n) is 7.56. The monoisotopic (exact) mass is 638 g/mol. The summed E-state index contributed by atoms with van der Waals surface area (Å²) >= 11 is 0. The van der Waals surface area contributed by atoms with Crippen LogP contribution in [0.3, 0.4) is 0 Å². The number of rotatable bonds is 5. The molecule has 0 spiro atoms. The van der Waals surface area contributed by atoms with E-state index in [2.05, 4.69) is 22.9 Å². The molecule has 11 nitrogen and oxygen atoms in total. The molecule has 2 fully saturated rings. The maximum absolute atomic E-state index is 12.4. The van der Waals surface area contributed by atoms with Crippen molar-refractivity contribution in [1.29, 1.82) is 0 Å². The zero-order chi connectivity index (χ0) is 34.2. The molecule has 2 amide bonds. The third-order valence-corrected chi connectivity index (χ3v) is 7.56. The van der Waals surface area contributed by atoms with Crippen LogP contribution in [0.25, 0.3) is 16.8 Å². The molecule has 2 aliphatic heterocycles. The fourth-order valence-corrected chi connectivity index (χ4v) is 5.37. The van der Waals surface area contributed by atoms with Gasteiger partial charge in [0.2, 0.25) is 0 Å². The van der Waals surface area contributed by atoms with Gasteiger partial charge >= 0.3 is 24.1 Å². The summed E-state index contributed by atoms with van der Waals surface area (Å²) in [5.41, 5.74) is -0.0938. The number of nitrogens with zero attached hydrogens (tertiary/aromatic N) is 2. The molecule has 2 aliphatic rings. The molecule has 0 unspecified atom stereocenters. The number of fused-ring (bicyclic) bond motifs is 1. The Bertz CT molecular complexity index is 1430. The minimum Gasteiger partial charge on any atom is -0.469 e. The van der Waals surface area contributed by atoms with Crippen molar-refractivity contribution in [2.24, 2.45) is 23.7 Å². The van der Waals surface area contributed by atoms with Gasteiger partial charge in [-0.1, -0.05) is 54.6 Å². The van der Waals surface area contributed by atoms with Gasteiger partial charge in [-0.25, -0.2) is 9.59 Å². The maximum atomic E-state index is 12.4. The summed E-state index contributed by atoms with van der Waals surface area (Å²) in [6.07, 6.45) is 3.81. The lowest BCUT2D eigenvalue weighted by molar-refractivity contribution is -0.147. The highest BCUT2D eigenvalue weighted by Crippen LogP contribution is 2.29. The first-order chi connectivity index (χ1) is 21.6. The number of hydrogen-bond acceptors (Lipinski definition) is 9. The summed E-state index contributed by atoms with van der Waals surface area (Å²) in [5.74, 6) is -2.43. The van der Waals surface area contributed by atoms with Crippen molar-refractivity contribution in [3.05, 3.63) is 54.1 Å². The second-order valence-corrected chi connectivity index (χ2v) is 13.4. The van der Waals surface area contributed by atoms with Crippen molar-refractivity contribution in [1.82, 2.24) is 9.80 Å². The van der Waals surface area contributed by atoms with Crippen LogP contribution >= 0.6 is 0 Å². The van der Waals surface area contributed by atoms with Crippen LogP contribution in [0.1, 0.15) is 47.1 Å². The van der Waals surface area contributed by atoms with Crippen LogP contribution in [0.5, 0.6) is 0 Å². The molecule has 0 radical (unpaired) electrons. The Morgan fingerprint density at radius 1 is 0.696 bits per heavy atom. The number of likely N-dealkylation sites (tertiary alicyclic amines) is 2. The molecule has 0 aliphatic carbocycles. The molecule has 2 aromatic rings. The zero-order valence-electron chi connectivity index (χ0n) is 28.0. The molecule has 250 valence electrons. The van der Waals surface area contributed by atoms with Gasteiger partial charge in [0.1, 0.15) is 17.5 Å². The van der Waals surface area contributed by atoms with Crippen molar-refractivity contribution in [2.75, 3.05) is 40.4 Å². The minimum absolute atomic E-state index is 0.126. The van der Waals surface area contributed by atoms with Gasteiger partial charge in [-0.15, -0.1) is 0 Å². The summed E-state index contributed by atoms with van der Waals surface area (Å²) in [4.78, 5) is 61.9. The highest BCUT2D eigenvalue weighted by atomic mass is 16.6. The van der Waals surface area contributed by atoms with Gasteiger partial charge in [-0.05, 0) is 57.9 Å². The number of carbonyl (C=O) groups excluding carboxylic acids is 5. The standard InChI is InChI=1S/C23H27NO4.C12H19NO5/c1-23(2,3)28-22(26)24-14-18(20(15-24)21(25)27-4)13-12-17-10-7-9-16-8-5-6-11-19(16)17;1-12(2,3)18-11(16)13-5-8(7-14)9(6-13)10(15)17-4/h5-13,18,20H,14-15H2,1-4H3;7-9H,5-6H2,1-4H3/t18-,20-;8-,9+/m01/s1. The zero-order valence-corrected chi connectivity index (χ0v) is 28.0. The van der Waals surface area contributed by atoms with Crippen molar-refractivity contribution < 1.29 is 42.9 Å². The number of methoxy groups -OCH3 is 2. The normalized spacial score (nSPS) is 21.4. The van der Waals surface area contributed by atoms with Crippen molar-refractivity contribution in [3.8, 4) is 0 Å². The van der Waals surface area contributed by atoms with Crippen molar-refractivity contribution in [2.45, 2.75) is 52.7 Å². The van der Waals surface area contributed by atoms with E-state index in [0.29, 0.717) is 19.4 Å². The molecular formula is C35H46N2O9. The quantitative estimate of drug-likeness (QED) is 0.242. The van der Waals surface area contributed by atoms with E-state index < -0.39 is 47.1 Å². The first kappa shape index (κ1) is 36.1. The van der Waals surface area contributed by atoms with E-state index in [1.165, 1.54) is 19.1 Å². The van der Waals surface area contributed by atoms with Gasteiger partial charge in [0.05, 0.1) is 26.1 Å². The Hall–Kier alpha value is -4.41. The number of ether oxygens (including phenoxy) is 4. The average Bonchev–Trinajstić information content (AvgIpc) is 3.63. The van der Waals surface area contributed by atoms with E-state index in [1.54, 1.807) is 25.7 Å². The summed E-state index contributed by atoms with van der Waals surface area (Å²) in [7, 11) is 2.64. The predicted molar refractivity (Wildman–Crippen MR) is 173 cm³/mol. The fourth-order valence-electron chi connectivity index (χ4n) is 5.37. The predicted octanol–water partition coefficient (Wildman–Crippen LogP) is 5.35. The smallest absolute Gasteiger partial charge is 0.410 e. The molecule has 46 heavy (non-hydrogen) atoms. The van der Waals surface area contributed by atoms with E-state index in [9.17, 15) is 24.0 Å². The lowest BCUT2D eigenvalue weighted by atomic mass is 9.94. The van der Waals surface area contributed by atoms with Gasteiger partial charge in [0, 0.05) is 38.0 Å².